The van der Waals surface area contributed by atoms with Gasteiger partial charge in [0.25, 0.3) is 5.91 Å². The molecule has 0 saturated heterocycles. The van der Waals surface area contributed by atoms with E-state index in [4.69, 9.17) is 11.5 Å². The van der Waals surface area contributed by atoms with Crippen LogP contribution in [-0.2, 0) is 0 Å². The number of nitrogens with zero attached hydrogens (tertiary/aromatic N) is 4. The van der Waals surface area contributed by atoms with E-state index >= 15 is 0 Å². The molecule has 28 heavy (non-hydrogen) atoms. The quantitative estimate of drug-likeness (QED) is 0.504. The molecule has 5 N–H and O–H groups in total. The SMILES string of the molecule is Cc1ccc(O)c(C)c1-n1c(N)c(C(N)=O)c2nc(-c3ccccn3)cnc21. The minimum absolute atomic E-state index is 0.0856. The molecule has 0 spiro atoms. The molecular weight excluding hydrogens is 356 g/mol. The number of nitrogens with two attached hydrogens (primary N) is 2. The van der Waals surface area contributed by atoms with Gasteiger partial charge in [-0.3, -0.25) is 14.3 Å². The molecule has 4 aromatic rings. The van der Waals surface area contributed by atoms with E-state index in [0.717, 1.165) is 5.56 Å². The van der Waals surface area contributed by atoms with Crippen LogP contribution < -0.4 is 11.5 Å². The molecule has 8 nitrogen and oxygen atoms in total. The number of primary amides is 1. The van der Waals surface area contributed by atoms with E-state index < -0.39 is 5.91 Å². The van der Waals surface area contributed by atoms with Crippen LogP contribution in [0.1, 0.15) is 21.5 Å². The average molecular weight is 374 g/mol. The van der Waals surface area contributed by atoms with E-state index in [2.05, 4.69) is 15.0 Å². The number of phenolic OH excluding ortho intramolecular Hbond substituents is 1. The Bertz CT molecular complexity index is 1230. The lowest BCUT2D eigenvalue weighted by molar-refractivity contribution is 0.100. The molecule has 0 unspecified atom stereocenters. The van der Waals surface area contributed by atoms with Gasteiger partial charge in [-0.05, 0) is 37.6 Å². The summed E-state index contributed by atoms with van der Waals surface area (Å²) in [6.07, 6.45) is 3.22. The molecule has 0 aliphatic rings. The third-order valence-corrected chi connectivity index (χ3v) is 4.70. The summed E-state index contributed by atoms with van der Waals surface area (Å²) in [6.45, 7) is 3.65. The molecule has 3 heterocycles. The van der Waals surface area contributed by atoms with Gasteiger partial charge in [-0.25, -0.2) is 9.97 Å². The summed E-state index contributed by atoms with van der Waals surface area (Å²) in [7, 11) is 0. The average Bonchev–Trinajstić information content (AvgIpc) is 2.97. The number of fused-ring (bicyclic) bond motifs is 1. The topological polar surface area (TPSA) is 133 Å². The third-order valence-electron chi connectivity index (χ3n) is 4.70. The molecule has 1 aromatic carbocycles. The Balaban J connectivity index is 2.09. The highest BCUT2D eigenvalue weighted by Crippen LogP contribution is 2.35. The molecule has 3 aromatic heterocycles. The highest BCUT2D eigenvalue weighted by atomic mass is 16.3. The molecule has 0 fully saturated rings. The highest BCUT2D eigenvalue weighted by Gasteiger charge is 2.25. The van der Waals surface area contributed by atoms with E-state index in [1.165, 1.54) is 0 Å². The van der Waals surface area contributed by atoms with Crippen molar-refractivity contribution in [3.63, 3.8) is 0 Å². The van der Waals surface area contributed by atoms with Gasteiger partial charge in [0, 0.05) is 11.8 Å². The highest BCUT2D eigenvalue weighted by molar-refractivity contribution is 6.09. The molecule has 0 saturated carbocycles. The fourth-order valence-corrected chi connectivity index (χ4v) is 3.34. The summed E-state index contributed by atoms with van der Waals surface area (Å²) in [6, 6.07) is 8.80. The van der Waals surface area contributed by atoms with E-state index in [1.54, 1.807) is 48.1 Å². The number of phenols is 1. The van der Waals surface area contributed by atoms with E-state index in [0.29, 0.717) is 28.3 Å². The molecule has 0 aliphatic carbocycles. The normalized spacial score (nSPS) is 11.1. The first-order valence-electron chi connectivity index (χ1n) is 8.57. The Hall–Kier alpha value is -3.94. The monoisotopic (exact) mass is 374 g/mol. The van der Waals surface area contributed by atoms with Gasteiger partial charge in [-0.15, -0.1) is 0 Å². The van der Waals surface area contributed by atoms with Crippen LogP contribution in [0, 0.1) is 13.8 Å². The van der Waals surface area contributed by atoms with Crippen LogP contribution in [0.25, 0.3) is 28.2 Å². The van der Waals surface area contributed by atoms with Crippen molar-refractivity contribution in [2.45, 2.75) is 13.8 Å². The van der Waals surface area contributed by atoms with Gasteiger partial charge in [0.2, 0.25) is 0 Å². The number of nitrogen functional groups attached to an aromatic ring is 1. The van der Waals surface area contributed by atoms with E-state index in [-0.39, 0.29) is 22.6 Å². The lowest BCUT2D eigenvalue weighted by atomic mass is 10.1. The van der Waals surface area contributed by atoms with Gasteiger partial charge in [0.15, 0.2) is 5.65 Å². The zero-order chi connectivity index (χ0) is 20.0. The molecule has 0 aliphatic heterocycles. The summed E-state index contributed by atoms with van der Waals surface area (Å²) >= 11 is 0. The maximum absolute atomic E-state index is 12.2. The van der Waals surface area contributed by atoms with Crippen LogP contribution in [-0.4, -0.2) is 30.5 Å². The second kappa shape index (κ2) is 6.34. The first kappa shape index (κ1) is 17.5. The number of aromatic nitrogens is 4. The Morgan fingerprint density at radius 2 is 1.89 bits per heavy atom. The molecule has 140 valence electrons. The maximum atomic E-state index is 12.2. The van der Waals surface area contributed by atoms with Gasteiger partial charge in [0.1, 0.15) is 28.3 Å². The number of carbonyl (C=O) groups excluding carboxylic acids is 1. The molecule has 0 atom stereocenters. The summed E-state index contributed by atoms with van der Waals surface area (Å²) in [5.74, 6) is -0.470. The first-order valence-corrected chi connectivity index (χ1v) is 8.57. The summed E-state index contributed by atoms with van der Waals surface area (Å²) in [5.41, 5.74) is 15.9. The van der Waals surface area contributed by atoms with Crippen molar-refractivity contribution < 1.29 is 9.90 Å². The van der Waals surface area contributed by atoms with Crippen LogP contribution >= 0.6 is 0 Å². The van der Waals surface area contributed by atoms with E-state index in [9.17, 15) is 9.90 Å². The van der Waals surface area contributed by atoms with Crippen molar-refractivity contribution in [1.82, 2.24) is 19.5 Å². The van der Waals surface area contributed by atoms with Gasteiger partial charge >= 0.3 is 0 Å². The van der Waals surface area contributed by atoms with Crippen molar-refractivity contribution in [3.05, 3.63) is 59.4 Å². The number of benzene rings is 1. The standard InChI is InChI=1S/C20H18N6O2/c1-10-6-7-14(27)11(2)17(10)26-18(21)15(19(22)28)16-20(26)24-9-13(25-16)12-5-3-4-8-23-12/h3-9,27H,21H2,1-2H3,(H2,22,28). The third kappa shape index (κ3) is 2.54. The Kier molecular flexibility index (Phi) is 3.96. The Labute approximate surface area is 160 Å². The predicted molar refractivity (Wildman–Crippen MR) is 106 cm³/mol. The first-order chi connectivity index (χ1) is 13.4. The number of aryl methyl sites for hydroxylation is 1. The Morgan fingerprint density at radius 1 is 1.11 bits per heavy atom. The number of amides is 1. The Morgan fingerprint density at radius 3 is 2.57 bits per heavy atom. The number of carbonyl (C=O) groups is 1. The van der Waals surface area contributed by atoms with Crippen LogP contribution in [0.2, 0.25) is 0 Å². The van der Waals surface area contributed by atoms with Gasteiger partial charge in [0.05, 0.1) is 17.6 Å². The number of pyridine rings is 1. The second-order valence-electron chi connectivity index (χ2n) is 6.48. The molecular formula is C20H18N6O2. The number of hydrogen-bond acceptors (Lipinski definition) is 6. The number of anilines is 1. The zero-order valence-corrected chi connectivity index (χ0v) is 15.3. The fourth-order valence-electron chi connectivity index (χ4n) is 3.34. The maximum Gasteiger partial charge on any atom is 0.254 e. The van der Waals surface area contributed by atoms with Crippen LogP contribution in [0.15, 0.2) is 42.7 Å². The minimum atomic E-state index is -0.704. The van der Waals surface area contributed by atoms with Crippen molar-refractivity contribution in [1.29, 1.82) is 0 Å². The minimum Gasteiger partial charge on any atom is -0.508 e. The number of hydrogen-bond donors (Lipinski definition) is 3. The van der Waals surface area contributed by atoms with Crippen LogP contribution in [0.3, 0.4) is 0 Å². The van der Waals surface area contributed by atoms with E-state index in [1.807, 2.05) is 13.0 Å². The fraction of sp³-hybridized carbons (Fsp3) is 0.100. The largest absolute Gasteiger partial charge is 0.508 e. The summed E-state index contributed by atoms with van der Waals surface area (Å²) in [4.78, 5) is 25.5. The number of rotatable bonds is 3. The molecule has 0 bridgehead atoms. The number of aromatic hydroxyl groups is 1. The van der Waals surface area contributed by atoms with Crippen molar-refractivity contribution in [2.75, 3.05) is 5.73 Å². The zero-order valence-electron chi connectivity index (χ0n) is 15.3. The van der Waals surface area contributed by atoms with Crippen LogP contribution in [0.4, 0.5) is 5.82 Å². The summed E-state index contributed by atoms with van der Waals surface area (Å²) in [5, 5.41) is 10.2. The van der Waals surface area contributed by atoms with Gasteiger partial charge in [-0.2, -0.15) is 0 Å². The summed E-state index contributed by atoms with van der Waals surface area (Å²) < 4.78 is 1.61. The van der Waals surface area contributed by atoms with Gasteiger partial charge in [-0.1, -0.05) is 12.1 Å². The van der Waals surface area contributed by atoms with Gasteiger partial charge < -0.3 is 16.6 Å². The lowest BCUT2D eigenvalue weighted by Gasteiger charge is -2.15. The second-order valence-corrected chi connectivity index (χ2v) is 6.48. The molecule has 0 radical (unpaired) electrons. The predicted octanol–water partition coefficient (Wildman–Crippen LogP) is 2.49. The van der Waals surface area contributed by atoms with Crippen molar-refractivity contribution in [3.8, 4) is 22.8 Å². The smallest absolute Gasteiger partial charge is 0.254 e. The van der Waals surface area contributed by atoms with Crippen molar-refractivity contribution in [2.24, 2.45) is 5.73 Å². The van der Waals surface area contributed by atoms with Crippen LogP contribution in [0.5, 0.6) is 5.75 Å². The molecule has 1 amide bonds. The molecule has 4 rings (SSSR count). The van der Waals surface area contributed by atoms with Crippen molar-refractivity contribution >= 4 is 22.9 Å². The molecule has 8 heteroatoms. The lowest BCUT2D eigenvalue weighted by Crippen LogP contribution is -2.14.